The van der Waals surface area contributed by atoms with Crippen molar-refractivity contribution in [3.63, 3.8) is 0 Å². The van der Waals surface area contributed by atoms with Crippen LogP contribution >= 0.6 is 0 Å². The van der Waals surface area contributed by atoms with Gasteiger partial charge in [-0.2, -0.15) is 0 Å². The summed E-state index contributed by atoms with van der Waals surface area (Å²) in [7, 11) is 0. The Balaban J connectivity index is 3.06. The lowest BCUT2D eigenvalue weighted by atomic mass is 9.87. The maximum atomic E-state index is 11.3. The molecular formula is C11H15NO2. The van der Waals surface area contributed by atoms with Crippen molar-refractivity contribution in [3.05, 3.63) is 11.3 Å². The van der Waals surface area contributed by atoms with E-state index < -0.39 is 0 Å². The number of Topliss-reactive ketones (excluding diaryl/α,β-unsaturated/α-hetero) is 2. The van der Waals surface area contributed by atoms with Crippen molar-refractivity contribution >= 4 is 17.3 Å². The second-order valence-corrected chi connectivity index (χ2v) is 3.74. The molecule has 76 valence electrons. The van der Waals surface area contributed by atoms with Crippen LogP contribution in [0.3, 0.4) is 0 Å². The standard InChI is InChI=1S/C11H15NO2/c1-6-10(8(3)13)5-11(9(4)14)7(2)12-6/h10H,5H2,1-4H3. The van der Waals surface area contributed by atoms with Gasteiger partial charge in [0.25, 0.3) is 0 Å². The molecule has 1 atom stereocenters. The van der Waals surface area contributed by atoms with Gasteiger partial charge in [0.1, 0.15) is 5.78 Å². The minimum Gasteiger partial charge on any atom is -0.299 e. The third-order valence-corrected chi connectivity index (χ3v) is 2.61. The SMILES string of the molecule is CC(=O)C1=C(C)N=C(C)C(C(C)=O)C1. The molecule has 1 heterocycles. The van der Waals surface area contributed by atoms with Crippen molar-refractivity contribution in [2.75, 3.05) is 0 Å². The van der Waals surface area contributed by atoms with Crippen LogP contribution < -0.4 is 0 Å². The summed E-state index contributed by atoms with van der Waals surface area (Å²) in [6, 6.07) is 0. The number of rotatable bonds is 2. The van der Waals surface area contributed by atoms with Crippen LogP contribution in [0.2, 0.25) is 0 Å². The number of aliphatic imine (C=N–C) groups is 1. The first-order valence-corrected chi connectivity index (χ1v) is 4.69. The maximum absolute atomic E-state index is 11.3. The predicted octanol–water partition coefficient (Wildman–Crippen LogP) is 1.92. The summed E-state index contributed by atoms with van der Waals surface area (Å²) in [5, 5.41) is 0. The van der Waals surface area contributed by atoms with Crippen molar-refractivity contribution < 1.29 is 9.59 Å². The average molecular weight is 193 g/mol. The highest BCUT2D eigenvalue weighted by molar-refractivity contribution is 6.07. The average Bonchev–Trinajstić information content (AvgIpc) is 2.02. The Kier molecular flexibility index (Phi) is 2.99. The first-order chi connectivity index (χ1) is 6.43. The molecule has 0 radical (unpaired) electrons. The Bertz CT molecular complexity index is 350. The molecule has 0 aromatic rings. The molecule has 1 aliphatic rings. The van der Waals surface area contributed by atoms with E-state index in [0.29, 0.717) is 12.0 Å². The van der Waals surface area contributed by atoms with E-state index in [-0.39, 0.29) is 17.5 Å². The molecule has 0 fully saturated rings. The zero-order valence-electron chi connectivity index (χ0n) is 9.05. The summed E-state index contributed by atoms with van der Waals surface area (Å²) < 4.78 is 0. The summed E-state index contributed by atoms with van der Waals surface area (Å²) >= 11 is 0. The first-order valence-electron chi connectivity index (χ1n) is 4.69. The van der Waals surface area contributed by atoms with Gasteiger partial charge in [-0.3, -0.25) is 14.6 Å². The fraction of sp³-hybridized carbons (Fsp3) is 0.545. The lowest BCUT2D eigenvalue weighted by Gasteiger charge is -2.20. The summed E-state index contributed by atoms with van der Waals surface area (Å²) in [6.07, 6.45) is 0.520. The van der Waals surface area contributed by atoms with Crippen molar-refractivity contribution in [2.45, 2.75) is 34.1 Å². The Morgan fingerprint density at radius 1 is 1.29 bits per heavy atom. The molecule has 14 heavy (non-hydrogen) atoms. The summed E-state index contributed by atoms with van der Waals surface area (Å²) in [4.78, 5) is 26.8. The molecule has 1 aliphatic heterocycles. The van der Waals surface area contributed by atoms with Crippen LogP contribution in [-0.4, -0.2) is 17.3 Å². The van der Waals surface area contributed by atoms with Crippen molar-refractivity contribution in [2.24, 2.45) is 10.9 Å². The van der Waals surface area contributed by atoms with Gasteiger partial charge in [0.2, 0.25) is 0 Å². The van der Waals surface area contributed by atoms with Crippen LogP contribution in [0.1, 0.15) is 34.1 Å². The number of hydrogen-bond donors (Lipinski definition) is 0. The molecule has 0 N–H and O–H groups in total. The molecule has 0 aromatic carbocycles. The number of nitrogens with zero attached hydrogens (tertiary/aromatic N) is 1. The lowest BCUT2D eigenvalue weighted by molar-refractivity contribution is -0.119. The zero-order valence-corrected chi connectivity index (χ0v) is 9.05. The lowest BCUT2D eigenvalue weighted by Crippen LogP contribution is -2.25. The molecule has 0 spiro atoms. The Labute approximate surface area is 83.9 Å². The van der Waals surface area contributed by atoms with Crippen molar-refractivity contribution in [3.8, 4) is 0 Å². The fourth-order valence-electron chi connectivity index (χ4n) is 1.75. The number of carbonyl (C=O) groups is 2. The Morgan fingerprint density at radius 3 is 2.29 bits per heavy atom. The van der Waals surface area contributed by atoms with Gasteiger partial charge in [0.15, 0.2) is 5.78 Å². The van der Waals surface area contributed by atoms with E-state index in [1.54, 1.807) is 6.92 Å². The van der Waals surface area contributed by atoms with E-state index in [1.165, 1.54) is 6.92 Å². The summed E-state index contributed by atoms with van der Waals surface area (Å²) in [5.74, 6) is -0.0971. The molecule has 3 nitrogen and oxygen atoms in total. The molecule has 0 aliphatic carbocycles. The van der Waals surface area contributed by atoms with Gasteiger partial charge in [-0.25, -0.2) is 0 Å². The van der Waals surface area contributed by atoms with E-state index >= 15 is 0 Å². The highest BCUT2D eigenvalue weighted by Gasteiger charge is 2.25. The monoisotopic (exact) mass is 193 g/mol. The topological polar surface area (TPSA) is 46.5 Å². The second-order valence-electron chi connectivity index (χ2n) is 3.74. The molecule has 1 rings (SSSR count). The quantitative estimate of drug-likeness (QED) is 0.672. The molecular weight excluding hydrogens is 178 g/mol. The number of carbonyl (C=O) groups excluding carboxylic acids is 2. The minimum absolute atomic E-state index is 0.0185. The van der Waals surface area contributed by atoms with Crippen LogP contribution in [0.4, 0.5) is 0 Å². The number of ketones is 2. The molecule has 0 amide bonds. The molecule has 0 aromatic heterocycles. The van der Waals surface area contributed by atoms with E-state index in [2.05, 4.69) is 4.99 Å². The van der Waals surface area contributed by atoms with Gasteiger partial charge >= 0.3 is 0 Å². The smallest absolute Gasteiger partial charge is 0.157 e. The maximum Gasteiger partial charge on any atom is 0.157 e. The molecule has 0 saturated carbocycles. The van der Waals surface area contributed by atoms with Gasteiger partial charge in [0, 0.05) is 17.0 Å². The fourth-order valence-corrected chi connectivity index (χ4v) is 1.75. The normalized spacial score (nSPS) is 22.0. The number of allylic oxidation sites excluding steroid dienone is 2. The third-order valence-electron chi connectivity index (χ3n) is 2.61. The van der Waals surface area contributed by atoms with E-state index in [1.807, 2.05) is 13.8 Å². The summed E-state index contributed by atoms with van der Waals surface area (Å²) in [6.45, 7) is 6.72. The molecule has 0 saturated heterocycles. The van der Waals surface area contributed by atoms with Crippen LogP contribution in [0.15, 0.2) is 16.3 Å². The van der Waals surface area contributed by atoms with E-state index in [4.69, 9.17) is 0 Å². The largest absolute Gasteiger partial charge is 0.299 e. The van der Waals surface area contributed by atoms with Gasteiger partial charge in [-0.1, -0.05) is 0 Å². The Morgan fingerprint density at radius 2 is 1.86 bits per heavy atom. The van der Waals surface area contributed by atoms with Crippen molar-refractivity contribution in [1.29, 1.82) is 0 Å². The van der Waals surface area contributed by atoms with Gasteiger partial charge in [-0.15, -0.1) is 0 Å². The van der Waals surface area contributed by atoms with Gasteiger partial charge < -0.3 is 0 Å². The van der Waals surface area contributed by atoms with Crippen molar-refractivity contribution in [1.82, 2.24) is 0 Å². The Hall–Kier alpha value is -1.25. The van der Waals surface area contributed by atoms with Crippen LogP contribution in [0, 0.1) is 5.92 Å². The van der Waals surface area contributed by atoms with Gasteiger partial charge in [0.05, 0.1) is 5.92 Å². The first kappa shape index (κ1) is 10.8. The summed E-state index contributed by atoms with van der Waals surface area (Å²) in [5.41, 5.74) is 2.27. The van der Waals surface area contributed by atoms with Crippen LogP contribution in [-0.2, 0) is 9.59 Å². The predicted molar refractivity (Wildman–Crippen MR) is 55.3 cm³/mol. The van der Waals surface area contributed by atoms with Crippen LogP contribution in [0.25, 0.3) is 0 Å². The van der Waals surface area contributed by atoms with Gasteiger partial charge in [-0.05, 0) is 34.1 Å². The second kappa shape index (κ2) is 3.86. The zero-order chi connectivity index (χ0) is 10.9. The highest BCUT2D eigenvalue weighted by Crippen LogP contribution is 2.25. The van der Waals surface area contributed by atoms with E-state index in [0.717, 1.165) is 11.4 Å². The third kappa shape index (κ3) is 1.97. The molecule has 1 unspecified atom stereocenters. The minimum atomic E-state index is -0.197. The molecule has 0 bridgehead atoms. The van der Waals surface area contributed by atoms with Crippen LogP contribution in [0.5, 0.6) is 0 Å². The number of hydrogen-bond acceptors (Lipinski definition) is 3. The highest BCUT2D eigenvalue weighted by atomic mass is 16.1. The van der Waals surface area contributed by atoms with E-state index in [9.17, 15) is 9.59 Å². The molecule has 3 heteroatoms.